The van der Waals surface area contributed by atoms with Gasteiger partial charge in [-0.05, 0) is 18.9 Å². The number of carboxylic acids is 3. The van der Waals surface area contributed by atoms with Gasteiger partial charge < -0.3 is 31.1 Å². The van der Waals surface area contributed by atoms with Gasteiger partial charge in [0.25, 0.3) is 0 Å². The first-order chi connectivity index (χ1) is 18.8. The van der Waals surface area contributed by atoms with Gasteiger partial charge in [0.2, 0.25) is 5.91 Å². The lowest BCUT2D eigenvalue weighted by atomic mass is 9.87. The van der Waals surface area contributed by atoms with Crippen LogP contribution in [0.15, 0.2) is 0 Å². The number of aliphatic hydroxyl groups excluding tert-OH is 1. The van der Waals surface area contributed by atoms with Crippen molar-refractivity contribution in [3.8, 4) is 0 Å². The number of amides is 1. The van der Waals surface area contributed by atoms with Gasteiger partial charge >= 0.3 is 17.9 Å². The molecule has 1 amide bonds. The summed E-state index contributed by atoms with van der Waals surface area (Å²) >= 11 is 0. The fraction of sp³-hybridized carbons (Fsp3) is 0.846. The van der Waals surface area contributed by atoms with Crippen LogP contribution in [0.2, 0.25) is 0 Å². The molecule has 1 aliphatic heterocycles. The molecule has 1 aliphatic rings. The molecule has 1 rings (SSSR count). The Labute approximate surface area is 238 Å². The maximum absolute atomic E-state index is 12.3. The first-order valence-corrected chi connectivity index (χ1v) is 13.9. The van der Waals surface area contributed by atoms with Crippen LogP contribution in [0.3, 0.4) is 0 Å². The lowest BCUT2D eigenvalue weighted by molar-refractivity contribution is -0.140. The highest BCUT2D eigenvalue weighted by Gasteiger charge is 2.21. The van der Waals surface area contributed by atoms with E-state index in [9.17, 15) is 29.4 Å². The van der Waals surface area contributed by atoms with Crippen LogP contribution in [0.5, 0.6) is 0 Å². The molecular formula is C26H52N6O8. The second-order valence-corrected chi connectivity index (χ2v) is 10.7. The molecule has 1 heterocycles. The van der Waals surface area contributed by atoms with Crippen LogP contribution < -0.4 is 10.6 Å². The molecule has 1 saturated heterocycles. The first kappa shape index (κ1) is 37.6. The molecule has 0 aromatic carbocycles. The van der Waals surface area contributed by atoms with Crippen LogP contribution in [-0.4, -0.2) is 169 Å². The van der Waals surface area contributed by atoms with Crippen LogP contribution in [0.25, 0.3) is 0 Å². The van der Waals surface area contributed by atoms with Crippen LogP contribution >= 0.6 is 0 Å². The fourth-order valence-corrected chi connectivity index (χ4v) is 3.85. The summed E-state index contributed by atoms with van der Waals surface area (Å²) in [5, 5.41) is 41.9. The number of likely N-dealkylation sites (N-methyl/N-ethyl adjacent to an activating group) is 1. The molecule has 0 aromatic heterocycles. The second-order valence-electron chi connectivity index (χ2n) is 10.7. The van der Waals surface area contributed by atoms with Gasteiger partial charge in [-0.1, -0.05) is 27.2 Å². The third-order valence-electron chi connectivity index (χ3n) is 6.82. The van der Waals surface area contributed by atoms with E-state index in [1.54, 1.807) is 21.7 Å². The SMILES string of the molecule is CCC(C)(C)CCO.CNCCNC(=O)CN1CCN(CC(=O)O)CCN(CC(=O)O)CCN(CC(=O)O)CC1. The minimum Gasteiger partial charge on any atom is -0.480 e. The Morgan fingerprint density at radius 1 is 0.675 bits per heavy atom. The molecule has 234 valence electrons. The Kier molecular flexibility index (Phi) is 20.1. The Morgan fingerprint density at radius 2 is 1.02 bits per heavy atom. The van der Waals surface area contributed by atoms with E-state index in [0.29, 0.717) is 77.5 Å². The summed E-state index contributed by atoms with van der Waals surface area (Å²) in [4.78, 5) is 53.0. The van der Waals surface area contributed by atoms with E-state index in [1.807, 2.05) is 4.90 Å². The average Bonchev–Trinajstić information content (AvgIpc) is 2.85. The van der Waals surface area contributed by atoms with Gasteiger partial charge in [0, 0.05) is 72.1 Å². The number of aliphatic hydroxyl groups is 1. The van der Waals surface area contributed by atoms with E-state index < -0.39 is 17.9 Å². The molecule has 6 N–H and O–H groups in total. The summed E-state index contributed by atoms with van der Waals surface area (Å²) < 4.78 is 0. The quantitative estimate of drug-likeness (QED) is 0.133. The molecule has 0 spiro atoms. The van der Waals surface area contributed by atoms with Gasteiger partial charge in [-0.15, -0.1) is 0 Å². The van der Waals surface area contributed by atoms with Gasteiger partial charge in [-0.2, -0.15) is 0 Å². The maximum atomic E-state index is 12.3. The lowest BCUT2D eigenvalue weighted by Gasteiger charge is -2.32. The zero-order chi connectivity index (χ0) is 30.6. The Morgan fingerprint density at radius 3 is 1.27 bits per heavy atom. The van der Waals surface area contributed by atoms with Crippen LogP contribution in [0.4, 0.5) is 0 Å². The number of nitrogens with one attached hydrogen (secondary N) is 2. The van der Waals surface area contributed by atoms with Crippen molar-refractivity contribution in [1.29, 1.82) is 0 Å². The van der Waals surface area contributed by atoms with Crippen LogP contribution in [0, 0.1) is 5.41 Å². The third-order valence-corrected chi connectivity index (χ3v) is 6.82. The maximum Gasteiger partial charge on any atom is 0.317 e. The molecule has 0 atom stereocenters. The normalized spacial score (nSPS) is 17.1. The van der Waals surface area contributed by atoms with E-state index >= 15 is 0 Å². The highest BCUT2D eigenvalue weighted by molar-refractivity contribution is 5.78. The van der Waals surface area contributed by atoms with Gasteiger partial charge in [0.05, 0.1) is 26.2 Å². The molecule has 0 aromatic rings. The average molecular weight is 577 g/mol. The Hall–Kier alpha value is -2.36. The molecule has 0 aliphatic carbocycles. The predicted octanol–water partition coefficient (Wildman–Crippen LogP) is -1.40. The van der Waals surface area contributed by atoms with E-state index in [1.165, 1.54) is 0 Å². The molecule has 0 radical (unpaired) electrons. The van der Waals surface area contributed by atoms with Crippen molar-refractivity contribution < 1.29 is 39.6 Å². The van der Waals surface area contributed by atoms with Crippen LogP contribution in [-0.2, 0) is 19.2 Å². The second kappa shape index (κ2) is 21.4. The number of carboxylic acid groups (broad SMARTS) is 3. The zero-order valence-corrected chi connectivity index (χ0v) is 24.7. The summed E-state index contributed by atoms with van der Waals surface area (Å²) in [7, 11) is 1.79. The molecule has 1 fully saturated rings. The summed E-state index contributed by atoms with van der Waals surface area (Å²) in [5.74, 6) is -3.12. The highest BCUT2D eigenvalue weighted by atomic mass is 16.4. The smallest absolute Gasteiger partial charge is 0.317 e. The molecule has 0 saturated carbocycles. The molecule has 0 unspecified atom stereocenters. The number of carbonyl (C=O) groups is 4. The monoisotopic (exact) mass is 576 g/mol. The number of carbonyl (C=O) groups excluding carboxylic acids is 1. The van der Waals surface area contributed by atoms with Crippen molar-refractivity contribution in [2.45, 2.75) is 33.6 Å². The summed E-state index contributed by atoms with van der Waals surface area (Å²) in [5.41, 5.74) is 0.342. The van der Waals surface area contributed by atoms with E-state index in [4.69, 9.17) is 10.2 Å². The highest BCUT2D eigenvalue weighted by Crippen LogP contribution is 2.23. The zero-order valence-electron chi connectivity index (χ0n) is 24.7. The molecule has 14 heteroatoms. The van der Waals surface area contributed by atoms with Crippen molar-refractivity contribution in [2.75, 3.05) is 105 Å². The van der Waals surface area contributed by atoms with Crippen LogP contribution in [0.1, 0.15) is 33.6 Å². The summed E-state index contributed by atoms with van der Waals surface area (Å²) in [6.45, 7) is 10.5. The molecule has 40 heavy (non-hydrogen) atoms. The number of rotatable bonds is 14. The van der Waals surface area contributed by atoms with Gasteiger partial charge in [-0.25, -0.2) is 0 Å². The van der Waals surface area contributed by atoms with Crippen molar-refractivity contribution in [2.24, 2.45) is 5.41 Å². The van der Waals surface area contributed by atoms with Crippen molar-refractivity contribution in [3.05, 3.63) is 0 Å². The molecule has 14 nitrogen and oxygen atoms in total. The number of aliphatic carboxylic acids is 3. The Balaban J connectivity index is 0.00000165. The summed E-state index contributed by atoms with van der Waals surface area (Å²) in [6, 6.07) is 0. The van der Waals surface area contributed by atoms with Crippen molar-refractivity contribution in [1.82, 2.24) is 30.2 Å². The first-order valence-electron chi connectivity index (χ1n) is 13.9. The van der Waals surface area contributed by atoms with E-state index in [-0.39, 0.29) is 32.1 Å². The largest absolute Gasteiger partial charge is 0.480 e. The van der Waals surface area contributed by atoms with E-state index in [0.717, 1.165) is 12.8 Å². The Bertz CT molecular complexity index is 723. The van der Waals surface area contributed by atoms with Crippen molar-refractivity contribution >= 4 is 23.8 Å². The van der Waals surface area contributed by atoms with Gasteiger partial charge in [0.1, 0.15) is 0 Å². The number of hydrogen-bond donors (Lipinski definition) is 6. The number of hydrogen-bond acceptors (Lipinski definition) is 10. The topological polar surface area (TPSA) is 186 Å². The number of nitrogens with zero attached hydrogens (tertiary/aromatic N) is 4. The van der Waals surface area contributed by atoms with Gasteiger partial charge in [-0.3, -0.25) is 38.8 Å². The van der Waals surface area contributed by atoms with Gasteiger partial charge in [0.15, 0.2) is 0 Å². The molecule has 0 bridgehead atoms. The minimum atomic E-state index is -0.998. The van der Waals surface area contributed by atoms with E-state index in [2.05, 4.69) is 31.4 Å². The molecular weight excluding hydrogens is 524 g/mol. The third kappa shape index (κ3) is 20.5. The predicted molar refractivity (Wildman–Crippen MR) is 151 cm³/mol. The fourth-order valence-electron chi connectivity index (χ4n) is 3.85. The summed E-state index contributed by atoms with van der Waals surface area (Å²) in [6.07, 6.45) is 2.07. The van der Waals surface area contributed by atoms with Crippen molar-refractivity contribution in [3.63, 3.8) is 0 Å². The standard InChI is InChI=1S/C19H36N6O7.C7H16O/c1-20-2-3-21-16(26)12-22-4-6-23(13-17(27)28)8-10-25(15-19(31)32)11-9-24(7-5-22)14-18(29)30;1-4-7(2,3)5-6-8/h20H,2-15H2,1H3,(H,21,26)(H,27,28)(H,29,30)(H,31,32);8H,4-6H2,1-3H3. The minimum absolute atomic E-state index is 0.122. The lowest BCUT2D eigenvalue weighted by Crippen LogP contribution is -2.50.